The van der Waals surface area contributed by atoms with Crippen LogP contribution in [0, 0.1) is 5.92 Å². The highest BCUT2D eigenvalue weighted by Crippen LogP contribution is 2.31. The van der Waals surface area contributed by atoms with Crippen molar-refractivity contribution in [1.82, 2.24) is 20.2 Å². The van der Waals surface area contributed by atoms with Crippen LogP contribution in [-0.2, 0) is 10.2 Å². The first-order chi connectivity index (χ1) is 9.44. The normalized spacial score (nSPS) is 24.1. The maximum Gasteiger partial charge on any atom is 0.242 e. The highest BCUT2D eigenvalue weighted by molar-refractivity contribution is 5.80. The van der Waals surface area contributed by atoms with Gasteiger partial charge in [0, 0.05) is 30.4 Å². The second kappa shape index (κ2) is 5.95. The maximum absolute atomic E-state index is 12.2. The molecule has 0 aliphatic carbocycles. The Labute approximate surface area is 121 Å². The van der Waals surface area contributed by atoms with E-state index in [0.29, 0.717) is 12.5 Å². The zero-order valence-electron chi connectivity index (χ0n) is 12.9. The van der Waals surface area contributed by atoms with Crippen LogP contribution in [0.1, 0.15) is 45.9 Å². The van der Waals surface area contributed by atoms with E-state index in [1.807, 2.05) is 17.7 Å². The summed E-state index contributed by atoms with van der Waals surface area (Å²) in [4.78, 5) is 16.5. The molecule has 20 heavy (non-hydrogen) atoms. The van der Waals surface area contributed by atoms with Crippen LogP contribution >= 0.6 is 0 Å². The molecule has 1 amide bonds. The topological polar surface area (TPSA) is 59.0 Å². The number of rotatable bonds is 5. The van der Waals surface area contributed by atoms with E-state index in [1.165, 1.54) is 0 Å². The van der Waals surface area contributed by atoms with Crippen LogP contribution in [-0.4, -0.2) is 35.1 Å². The Kier molecular flexibility index (Phi) is 4.48. The molecule has 2 rings (SSSR count). The van der Waals surface area contributed by atoms with Gasteiger partial charge in [-0.05, 0) is 25.8 Å². The van der Waals surface area contributed by atoms with Crippen LogP contribution in [0.15, 0.2) is 12.5 Å². The lowest BCUT2D eigenvalue weighted by Crippen LogP contribution is -2.36. The predicted molar refractivity (Wildman–Crippen MR) is 79.6 cm³/mol. The molecule has 1 aliphatic heterocycles. The van der Waals surface area contributed by atoms with Crippen molar-refractivity contribution in [2.45, 2.75) is 45.6 Å². The number of carbonyl (C=O) groups is 1. The molecule has 1 saturated heterocycles. The lowest BCUT2D eigenvalue weighted by Gasteiger charge is -2.26. The third-order valence-corrected chi connectivity index (χ3v) is 4.13. The van der Waals surface area contributed by atoms with Gasteiger partial charge < -0.3 is 15.2 Å². The fraction of sp³-hybridized carbons (Fsp3) is 0.733. The molecule has 2 N–H and O–H groups in total. The van der Waals surface area contributed by atoms with E-state index in [2.05, 4.69) is 36.4 Å². The van der Waals surface area contributed by atoms with Gasteiger partial charge in [0.05, 0.1) is 6.33 Å². The third kappa shape index (κ3) is 3.03. The molecule has 0 spiro atoms. The number of hydrogen-bond donors (Lipinski definition) is 2. The van der Waals surface area contributed by atoms with Crippen molar-refractivity contribution in [1.29, 1.82) is 0 Å². The zero-order chi connectivity index (χ0) is 14.8. The second-order valence-electron chi connectivity index (χ2n) is 6.49. The molecule has 1 aliphatic rings. The highest BCUT2D eigenvalue weighted by atomic mass is 16.2. The van der Waals surface area contributed by atoms with Gasteiger partial charge in [0.25, 0.3) is 0 Å². The first kappa shape index (κ1) is 15.0. The quantitative estimate of drug-likeness (QED) is 0.857. The molecule has 0 bridgehead atoms. The van der Waals surface area contributed by atoms with Crippen LogP contribution in [0.2, 0.25) is 0 Å². The molecule has 0 radical (unpaired) electrons. The molecule has 5 heteroatoms. The van der Waals surface area contributed by atoms with E-state index in [0.717, 1.165) is 25.2 Å². The van der Waals surface area contributed by atoms with Gasteiger partial charge in [0.15, 0.2) is 0 Å². The van der Waals surface area contributed by atoms with Crippen LogP contribution in [0.25, 0.3) is 0 Å². The van der Waals surface area contributed by atoms with Crippen molar-refractivity contribution in [3.63, 3.8) is 0 Å². The second-order valence-corrected chi connectivity index (χ2v) is 6.49. The summed E-state index contributed by atoms with van der Waals surface area (Å²) in [7, 11) is 0. The first-order valence-electron chi connectivity index (χ1n) is 7.45. The van der Waals surface area contributed by atoms with E-state index in [-0.39, 0.29) is 17.4 Å². The number of imidazole rings is 1. The molecular weight excluding hydrogens is 252 g/mol. The Morgan fingerprint density at radius 3 is 2.90 bits per heavy atom. The van der Waals surface area contributed by atoms with Crippen LogP contribution in [0.4, 0.5) is 0 Å². The third-order valence-electron chi connectivity index (χ3n) is 4.13. The zero-order valence-corrected chi connectivity index (χ0v) is 12.9. The Balaban J connectivity index is 2.13. The van der Waals surface area contributed by atoms with E-state index in [1.54, 1.807) is 6.33 Å². The molecule has 2 unspecified atom stereocenters. The largest absolute Gasteiger partial charge is 0.354 e. The van der Waals surface area contributed by atoms with Crippen molar-refractivity contribution in [3.05, 3.63) is 18.2 Å². The molecular formula is C15H26N4O. The molecule has 0 saturated carbocycles. The number of nitrogens with zero attached hydrogens (tertiary/aromatic N) is 2. The van der Waals surface area contributed by atoms with E-state index in [4.69, 9.17) is 0 Å². The molecule has 1 aromatic rings. The Bertz CT molecular complexity index is 460. The first-order valence-corrected chi connectivity index (χ1v) is 7.45. The van der Waals surface area contributed by atoms with E-state index in [9.17, 15) is 4.79 Å². The molecule has 2 heterocycles. The van der Waals surface area contributed by atoms with Crippen molar-refractivity contribution >= 4 is 5.91 Å². The predicted octanol–water partition coefficient (Wildman–Crippen LogP) is 1.47. The summed E-state index contributed by atoms with van der Waals surface area (Å²) < 4.78 is 2.02. The molecule has 1 aromatic heterocycles. The summed E-state index contributed by atoms with van der Waals surface area (Å²) in [5, 5.41) is 6.39. The Morgan fingerprint density at radius 2 is 2.30 bits per heavy atom. The standard InChI is InChI=1S/C15H26N4O/c1-11(2)7-18-14(20)12(3)19-10-17-8-13(19)15(4)5-6-16-9-15/h8,10-12,16H,5-7,9H2,1-4H3,(H,18,20). The number of aromatic nitrogens is 2. The summed E-state index contributed by atoms with van der Waals surface area (Å²) in [5.41, 5.74) is 1.22. The smallest absolute Gasteiger partial charge is 0.242 e. The van der Waals surface area contributed by atoms with Gasteiger partial charge in [-0.3, -0.25) is 4.79 Å². The van der Waals surface area contributed by atoms with Gasteiger partial charge in [-0.1, -0.05) is 20.8 Å². The number of amides is 1. The minimum Gasteiger partial charge on any atom is -0.354 e. The minimum atomic E-state index is -0.219. The monoisotopic (exact) mass is 278 g/mol. The average Bonchev–Trinajstić information content (AvgIpc) is 3.04. The Morgan fingerprint density at radius 1 is 1.55 bits per heavy atom. The minimum absolute atomic E-state index is 0.0625. The molecule has 2 atom stereocenters. The van der Waals surface area contributed by atoms with Crippen LogP contribution in [0.3, 0.4) is 0 Å². The Hall–Kier alpha value is -1.36. The van der Waals surface area contributed by atoms with Gasteiger partial charge >= 0.3 is 0 Å². The van der Waals surface area contributed by atoms with Gasteiger partial charge in [0.2, 0.25) is 5.91 Å². The SMILES string of the molecule is CC(C)CNC(=O)C(C)n1cncc1C1(C)CCNC1. The van der Waals surface area contributed by atoms with Crippen molar-refractivity contribution in [2.75, 3.05) is 19.6 Å². The summed E-state index contributed by atoms with van der Waals surface area (Å²) >= 11 is 0. The summed E-state index contributed by atoms with van der Waals surface area (Å²) in [5.74, 6) is 0.525. The number of hydrogen-bond acceptors (Lipinski definition) is 3. The fourth-order valence-electron chi connectivity index (χ4n) is 2.70. The summed E-state index contributed by atoms with van der Waals surface area (Å²) in [6.45, 7) is 11.0. The summed E-state index contributed by atoms with van der Waals surface area (Å²) in [6.07, 6.45) is 4.76. The fourth-order valence-corrected chi connectivity index (χ4v) is 2.70. The van der Waals surface area contributed by atoms with Gasteiger partial charge in [0.1, 0.15) is 6.04 Å². The average molecular weight is 278 g/mol. The molecule has 112 valence electrons. The van der Waals surface area contributed by atoms with Gasteiger partial charge in [-0.25, -0.2) is 4.98 Å². The van der Waals surface area contributed by atoms with Gasteiger partial charge in [-0.2, -0.15) is 0 Å². The van der Waals surface area contributed by atoms with Crippen molar-refractivity contribution < 1.29 is 4.79 Å². The molecule has 5 nitrogen and oxygen atoms in total. The molecule has 1 fully saturated rings. The van der Waals surface area contributed by atoms with E-state index >= 15 is 0 Å². The lowest BCUT2D eigenvalue weighted by molar-refractivity contribution is -0.124. The summed E-state index contributed by atoms with van der Waals surface area (Å²) in [6, 6.07) is -0.219. The molecule has 0 aromatic carbocycles. The van der Waals surface area contributed by atoms with Crippen LogP contribution < -0.4 is 10.6 Å². The number of carbonyl (C=O) groups excluding carboxylic acids is 1. The van der Waals surface area contributed by atoms with Gasteiger partial charge in [-0.15, -0.1) is 0 Å². The highest BCUT2D eigenvalue weighted by Gasteiger charge is 2.34. The van der Waals surface area contributed by atoms with Crippen LogP contribution in [0.5, 0.6) is 0 Å². The lowest BCUT2D eigenvalue weighted by atomic mass is 9.86. The van der Waals surface area contributed by atoms with E-state index < -0.39 is 0 Å². The van der Waals surface area contributed by atoms with Crippen molar-refractivity contribution in [3.8, 4) is 0 Å². The number of nitrogens with one attached hydrogen (secondary N) is 2. The van der Waals surface area contributed by atoms with Crippen molar-refractivity contribution in [2.24, 2.45) is 5.92 Å². The maximum atomic E-state index is 12.2.